The molecule has 5 heteroatoms. The van der Waals surface area contributed by atoms with Gasteiger partial charge in [-0.3, -0.25) is 14.6 Å². The fraction of sp³-hybridized carbons (Fsp3) is 0.321. The van der Waals surface area contributed by atoms with E-state index in [1.807, 2.05) is 59.5 Å². The Bertz CT molecular complexity index is 1100. The lowest BCUT2D eigenvalue weighted by molar-refractivity contribution is -0.130. The summed E-state index contributed by atoms with van der Waals surface area (Å²) in [5.74, 6) is 0.374. The molecule has 4 rings (SSSR count). The number of likely N-dealkylation sites (tertiary alicyclic amines) is 1. The zero-order valence-corrected chi connectivity index (χ0v) is 19.3. The van der Waals surface area contributed by atoms with Gasteiger partial charge in [-0.25, -0.2) is 0 Å². The first-order valence-corrected chi connectivity index (χ1v) is 11.6. The minimum Gasteiger partial charge on any atom is -0.355 e. The number of carbonyl (C=O) groups is 2. The first kappa shape index (κ1) is 22.7. The van der Waals surface area contributed by atoms with E-state index in [0.717, 1.165) is 16.7 Å². The molecule has 2 aromatic carbocycles. The monoisotopic (exact) mass is 441 g/mol. The fourth-order valence-corrected chi connectivity index (χ4v) is 4.56. The lowest BCUT2D eigenvalue weighted by Gasteiger charge is -2.30. The maximum absolute atomic E-state index is 13.6. The highest BCUT2D eigenvalue weighted by atomic mass is 16.2. The van der Waals surface area contributed by atoms with Crippen LogP contribution in [0.5, 0.6) is 0 Å². The van der Waals surface area contributed by atoms with Gasteiger partial charge in [0.1, 0.15) is 0 Å². The van der Waals surface area contributed by atoms with Crippen molar-refractivity contribution in [1.82, 2.24) is 15.2 Å². The number of hydrogen-bond donors (Lipinski definition) is 1. The quantitative estimate of drug-likeness (QED) is 0.583. The summed E-state index contributed by atoms with van der Waals surface area (Å²) in [6, 6.07) is 21.5. The number of hydrogen-bond acceptors (Lipinski definition) is 3. The van der Waals surface area contributed by atoms with Crippen molar-refractivity contribution in [2.75, 3.05) is 19.6 Å². The molecule has 3 aromatic rings. The van der Waals surface area contributed by atoms with Crippen LogP contribution < -0.4 is 5.32 Å². The summed E-state index contributed by atoms with van der Waals surface area (Å²) in [5, 5.41) is 3.16. The Morgan fingerprint density at radius 2 is 1.70 bits per heavy atom. The molecule has 33 heavy (non-hydrogen) atoms. The van der Waals surface area contributed by atoms with E-state index in [1.54, 1.807) is 12.4 Å². The molecule has 0 bridgehead atoms. The third kappa shape index (κ3) is 5.14. The van der Waals surface area contributed by atoms with Gasteiger partial charge >= 0.3 is 0 Å². The summed E-state index contributed by atoms with van der Waals surface area (Å²) in [6.07, 6.45) is 4.79. The summed E-state index contributed by atoms with van der Waals surface area (Å²) < 4.78 is 0. The number of pyridine rings is 1. The Kier molecular flexibility index (Phi) is 6.87. The first-order valence-electron chi connectivity index (χ1n) is 11.6. The van der Waals surface area contributed by atoms with Gasteiger partial charge in [0, 0.05) is 37.6 Å². The second kappa shape index (κ2) is 9.99. The number of amides is 2. The predicted molar refractivity (Wildman–Crippen MR) is 131 cm³/mol. The van der Waals surface area contributed by atoms with Gasteiger partial charge in [-0.15, -0.1) is 0 Å². The maximum atomic E-state index is 13.6. The molecule has 1 fully saturated rings. The van der Waals surface area contributed by atoms with Gasteiger partial charge < -0.3 is 10.2 Å². The van der Waals surface area contributed by atoms with Crippen LogP contribution in [0.2, 0.25) is 0 Å². The Morgan fingerprint density at radius 1 is 1.00 bits per heavy atom. The van der Waals surface area contributed by atoms with E-state index in [9.17, 15) is 9.59 Å². The standard InChI is InChI=1S/C28H31N3O2/c1-21(2)19-30-27(33)28(14-17-31(20-28)26(32)23-8-4-3-5-9-23)18-24-10-6-7-11-25(24)22-12-15-29-16-13-22/h3-13,15-16,21H,14,17-20H2,1-2H3,(H,30,33)/t28-/m1/s1. The highest BCUT2D eigenvalue weighted by Crippen LogP contribution is 2.38. The minimum absolute atomic E-state index is 0.0171. The third-order valence-corrected chi connectivity index (χ3v) is 6.35. The Balaban J connectivity index is 1.65. The summed E-state index contributed by atoms with van der Waals surface area (Å²) >= 11 is 0. The second-order valence-electron chi connectivity index (χ2n) is 9.30. The van der Waals surface area contributed by atoms with Gasteiger partial charge in [-0.1, -0.05) is 56.3 Å². The van der Waals surface area contributed by atoms with Crippen LogP contribution in [-0.4, -0.2) is 41.3 Å². The van der Waals surface area contributed by atoms with Crippen LogP contribution in [0.3, 0.4) is 0 Å². The van der Waals surface area contributed by atoms with Crippen molar-refractivity contribution in [2.45, 2.75) is 26.7 Å². The van der Waals surface area contributed by atoms with Crippen LogP contribution in [0, 0.1) is 11.3 Å². The molecule has 0 spiro atoms. The molecule has 0 unspecified atom stereocenters. The van der Waals surface area contributed by atoms with Crippen LogP contribution in [0.4, 0.5) is 0 Å². The van der Waals surface area contributed by atoms with Gasteiger partial charge in [-0.05, 0) is 59.7 Å². The lowest BCUT2D eigenvalue weighted by atomic mass is 9.78. The summed E-state index contributed by atoms with van der Waals surface area (Å²) in [5.41, 5.74) is 3.28. The van der Waals surface area contributed by atoms with E-state index < -0.39 is 5.41 Å². The van der Waals surface area contributed by atoms with Crippen LogP contribution in [0.1, 0.15) is 36.2 Å². The number of benzene rings is 2. The molecular formula is C28H31N3O2. The Morgan fingerprint density at radius 3 is 2.42 bits per heavy atom. The molecule has 1 saturated heterocycles. The van der Waals surface area contributed by atoms with E-state index in [4.69, 9.17) is 0 Å². The smallest absolute Gasteiger partial charge is 0.253 e. The van der Waals surface area contributed by atoms with E-state index in [-0.39, 0.29) is 11.8 Å². The molecule has 0 saturated carbocycles. The molecule has 1 N–H and O–H groups in total. The van der Waals surface area contributed by atoms with E-state index >= 15 is 0 Å². The zero-order valence-electron chi connectivity index (χ0n) is 19.3. The van der Waals surface area contributed by atoms with E-state index in [0.29, 0.717) is 44.0 Å². The van der Waals surface area contributed by atoms with E-state index in [1.165, 1.54) is 0 Å². The molecule has 0 aliphatic carbocycles. The average Bonchev–Trinajstić information content (AvgIpc) is 3.28. The molecule has 1 aliphatic rings. The highest BCUT2D eigenvalue weighted by Gasteiger charge is 2.46. The molecule has 1 aliphatic heterocycles. The Hall–Kier alpha value is -3.47. The van der Waals surface area contributed by atoms with Crippen molar-refractivity contribution in [3.63, 3.8) is 0 Å². The number of rotatable bonds is 7. The highest BCUT2D eigenvalue weighted by molar-refractivity contribution is 5.95. The molecular weight excluding hydrogens is 410 g/mol. The van der Waals surface area contributed by atoms with Crippen molar-refractivity contribution >= 4 is 11.8 Å². The maximum Gasteiger partial charge on any atom is 0.253 e. The van der Waals surface area contributed by atoms with Gasteiger partial charge in [-0.2, -0.15) is 0 Å². The summed E-state index contributed by atoms with van der Waals surface area (Å²) in [7, 11) is 0. The van der Waals surface area contributed by atoms with Crippen molar-refractivity contribution < 1.29 is 9.59 Å². The summed E-state index contributed by atoms with van der Waals surface area (Å²) in [4.78, 5) is 32.7. The minimum atomic E-state index is -0.664. The normalized spacial score (nSPS) is 17.8. The largest absolute Gasteiger partial charge is 0.355 e. The molecule has 2 heterocycles. The van der Waals surface area contributed by atoms with Gasteiger partial charge in [0.15, 0.2) is 0 Å². The Labute approximate surface area is 195 Å². The van der Waals surface area contributed by atoms with Crippen LogP contribution >= 0.6 is 0 Å². The number of carbonyl (C=O) groups excluding carboxylic acids is 2. The molecule has 1 atom stereocenters. The van der Waals surface area contributed by atoms with Gasteiger partial charge in [0.25, 0.3) is 5.91 Å². The van der Waals surface area contributed by atoms with E-state index in [2.05, 4.69) is 36.3 Å². The predicted octanol–water partition coefficient (Wildman–Crippen LogP) is 4.60. The van der Waals surface area contributed by atoms with Crippen molar-refractivity contribution in [2.24, 2.45) is 11.3 Å². The second-order valence-corrected chi connectivity index (χ2v) is 9.30. The lowest BCUT2D eigenvalue weighted by Crippen LogP contribution is -2.46. The molecule has 170 valence electrons. The average molecular weight is 442 g/mol. The van der Waals surface area contributed by atoms with Gasteiger partial charge in [0.2, 0.25) is 5.91 Å². The van der Waals surface area contributed by atoms with Crippen molar-refractivity contribution in [3.8, 4) is 11.1 Å². The zero-order chi connectivity index (χ0) is 23.3. The van der Waals surface area contributed by atoms with Crippen LogP contribution in [-0.2, 0) is 11.2 Å². The third-order valence-electron chi connectivity index (χ3n) is 6.35. The first-order chi connectivity index (χ1) is 16.0. The number of aromatic nitrogens is 1. The molecule has 2 amide bonds. The fourth-order valence-electron chi connectivity index (χ4n) is 4.56. The van der Waals surface area contributed by atoms with Crippen molar-refractivity contribution in [1.29, 1.82) is 0 Å². The molecule has 0 radical (unpaired) electrons. The van der Waals surface area contributed by atoms with Crippen LogP contribution in [0.25, 0.3) is 11.1 Å². The van der Waals surface area contributed by atoms with Crippen molar-refractivity contribution in [3.05, 3.63) is 90.3 Å². The topological polar surface area (TPSA) is 62.3 Å². The summed E-state index contributed by atoms with van der Waals surface area (Å²) in [6.45, 7) is 5.78. The number of nitrogens with one attached hydrogen (secondary N) is 1. The number of nitrogens with zero attached hydrogens (tertiary/aromatic N) is 2. The molecule has 1 aromatic heterocycles. The van der Waals surface area contributed by atoms with Gasteiger partial charge in [0.05, 0.1) is 5.41 Å². The molecule has 5 nitrogen and oxygen atoms in total. The van der Waals surface area contributed by atoms with Crippen LogP contribution in [0.15, 0.2) is 79.1 Å². The SMILES string of the molecule is CC(C)CNC(=O)[C@@]1(Cc2ccccc2-c2ccncc2)CCN(C(=O)c2ccccc2)C1.